The van der Waals surface area contributed by atoms with Gasteiger partial charge in [-0.3, -0.25) is 57.5 Å². The van der Waals surface area contributed by atoms with E-state index < -0.39 is 139 Å². The van der Waals surface area contributed by atoms with E-state index in [0.717, 1.165) is 0 Å². The van der Waals surface area contributed by atoms with Gasteiger partial charge in [-0.1, -0.05) is 20.3 Å². The van der Waals surface area contributed by atoms with E-state index in [4.69, 9.17) is 11.5 Å². The number of carbonyl (C=O) groups is 12. The Balaban J connectivity index is 2.06. The Bertz CT molecular complexity index is 1860. The van der Waals surface area contributed by atoms with E-state index >= 15 is 0 Å². The van der Waals surface area contributed by atoms with Crippen LogP contribution in [0.1, 0.15) is 130 Å². The number of carboxylic acids is 2. The maximum Gasteiger partial charge on any atom is 0.306 e. The molecule has 0 aliphatic carbocycles. The molecule has 69 heavy (non-hydrogen) atoms. The molecule has 2 rings (SSSR count). The van der Waals surface area contributed by atoms with Crippen molar-refractivity contribution >= 4 is 70.4 Å². The summed E-state index contributed by atoms with van der Waals surface area (Å²) < 4.78 is 0. The minimum absolute atomic E-state index is 0.118. The van der Waals surface area contributed by atoms with Crippen molar-refractivity contribution in [3.63, 3.8) is 0 Å². The van der Waals surface area contributed by atoms with Crippen molar-refractivity contribution in [3.8, 4) is 0 Å². The van der Waals surface area contributed by atoms with Gasteiger partial charge in [0.15, 0.2) is 23.1 Å². The van der Waals surface area contributed by atoms with Crippen molar-refractivity contribution < 1.29 is 78.0 Å². The molecule has 2 aliphatic heterocycles. The lowest BCUT2D eigenvalue weighted by atomic mass is 9.89. The Kier molecular flexibility index (Phi) is 26.1. The maximum atomic E-state index is 13.6. The second-order valence-electron chi connectivity index (χ2n) is 18.6. The van der Waals surface area contributed by atoms with Crippen LogP contribution < -0.4 is 32.7 Å². The number of Topliss-reactive ketones (excluding diaryl/α,β-unsaturated/α-hetero) is 5. The number of primary amides is 1. The molecular formula is C46H73N7O16. The molecule has 0 aromatic heterocycles. The molecule has 0 saturated carbocycles. The van der Waals surface area contributed by atoms with Crippen molar-refractivity contribution in [1.82, 2.24) is 26.2 Å². The first-order chi connectivity index (χ1) is 32.5. The number of carboxylic acid groups (broad SMARTS) is 2. The zero-order valence-corrected chi connectivity index (χ0v) is 39.9. The van der Waals surface area contributed by atoms with Crippen LogP contribution in [0.3, 0.4) is 0 Å². The van der Waals surface area contributed by atoms with Crippen molar-refractivity contribution in [3.05, 3.63) is 0 Å². The molecule has 0 aromatic rings. The molecule has 0 aromatic carbocycles. The number of amides is 5. The monoisotopic (exact) mass is 980 g/mol. The van der Waals surface area contributed by atoms with Crippen LogP contribution >= 0.6 is 0 Å². The zero-order valence-electron chi connectivity index (χ0n) is 39.9. The van der Waals surface area contributed by atoms with Gasteiger partial charge in [0, 0.05) is 70.4 Å². The summed E-state index contributed by atoms with van der Waals surface area (Å²) >= 11 is 0. The second kappa shape index (κ2) is 30.2. The zero-order chi connectivity index (χ0) is 52.0. The normalized spacial score (nSPS) is 19.3. The Morgan fingerprint density at radius 3 is 1.94 bits per heavy atom. The first-order valence-electron chi connectivity index (χ1n) is 23.8. The number of unbranched alkanes of at least 4 members (excludes halogenated alkanes) is 1. The highest BCUT2D eigenvalue weighted by molar-refractivity contribution is 5.98. The summed E-state index contributed by atoms with van der Waals surface area (Å²) in [5.41, 5.74) is 10.8. The number of β-amino-alcohol motifs (C(OH)–C–C–N with tert-alkyl or cyclic N) is 1. The molecule has 23 heteroatoms. The molecule has 9 atom stereocenters. The van der Waals surface area contributed by atoms with Crippen molar-refractivity contribution in [1.29, 1.82) is 0 Å². The largest absolute Gasteiger partial charge is 0.481 e. The van der Waals surface area contributed by atoms with Gasteiger partial charge in [0.2, 0.25) is 29.5 Å². The van der Waals surface area contributed by atoms with Crippen LogP contribution in [-0.4, -0.2) is 158 Å². The minimum atomic E-state index is -1.66. The number of nitrogens with one attached hydrogen (secondary N) is 4. The number of nitrogens with zero attached hydrogens (tertiary/aromatic N) is 1. The molecule has 23 nitrogen and oxygen atoms in total. The summed E-state index contributed by atoms with van der Waals surface area (Å²) in [5.74, 6) is -13.3. The molecule has 2 fully saturated rings. The molecular weight excluding hydrogens is 907 g/mol. The van der Waals surface area contributed by atoms with Gasteiger partial charge in [-0.2, -0.15) is 0 Å². The summed E-state index contributed by atoms with van der Waals surface area (Å²) in [4.78, 5) is 156. The standard InChI is InChI=1S/C46H73N7O16/c1-25(2)17-28(44(66)50-26(3)35(56)11-14-42(63)53-16-6-8-34(53)39(60)18-27(46(68)69)7-4-5-15-47)19-38(59)33(24-54)52-45(67)29(21-43(64)65)20-37(58)31(9-12-40(48)61)51-41(62)13-10-36(57)32-22-30(55)23-49-32/h25-34,49,54-55H,4-24,47H2,1-3H3,(H2,48,61)(H,50,66)(H,51,62)(H,52,67)(H,64,65)(H,68,69)/t26-,27+,28+,29-,30+,31-,32-,33-,34-/m0/s1. The average Bonchev–Trinajstić information content (AvgIpc) is 3.96. The van der Waals surface area contributed by atoms with Gasteiger partial charge in [-0.05, 0) is 64.3 Å². The van der Waals surface area contributed by atoms with Crippen LogP contribution in [0.2, 0.25) is 0 Å². The van der Waals surface area contributed by atoms with Crippen LogP contribution in [0.4, 0.5) is 0 Å². The lowest BCUT2D eigenvalue weighted by Gasteiger charge is -2.25. The highest BCUT2D eigenvalue weighted by Gasteiger charge is 2.37. The van der Waals surface area contributed by atoms with E-state index in [0.29, 0.717) is 32.2 Å². The number of nitrogens with two attached hydrogens (primary N) is 2. The lowest BCUT2D eigenvalue weighted by molar-refractivity contribution is -0.145. The van der Waals surface area contributed by atoms with E-state index in [1.807, 2.05) is 0 Å². The summed E-state index contributed by atoms with van der Waals surface area (Å²) in [7, 11) is 0. The van der Waals surface area contributed by atoms with Crippen LogP contribution in [0.5, 0.6) is 0 Å². The Labute approximate surface area is 401 Å². The van der Waals surface area contributed by atoms with Gasteiger partial charge in [-0.15, -0.1) is 0 Å². The fourth-order valence-corrected chi connectivity index (χ4v) is 8.48. The van der Waals surface area contributed by atoms with Crippen LogP contribution in [0.15, 0.2) is 0 Å². The molecule has 388 valence electrons. The highest BCUT2D eigenvalue weighted by atomic mass is 16.4. The van der Waals surface area contributed by atoms with Crippen molar-refractivity contribution in [2.75, 3.05) is 26.2 Å². The third-order valence-electron chi connectivity index (χ3n) is 12.4. The third-order valence-corrected chi connectivity index (χ3v) is 12.4. The van der Waals surface area contributed by atoms with E-state index in [1.165, 1.54) is 11.8 Å². The second-order valence-corrected chi connectivity index (χ2v) is 18.6. The molecule has 0 spiro atoms. The summed E-state index contributed by atoms with van der Waals surface area (Å²) in [5, 5.41) is 49.2. The minimum Gasteiger partial charge on any atom is -0.481 e. The predicted octanol–water partition coefficient (Wildman–Crippen LogP) is -1.41. The number of rotatable bonds is 35. The topological polar surface area (TPSA) is 389 Å². The first kappa shape index (κ1) is 59.6. The van der Waals surface area contributed by atoms with Crippen molar-refractivity contribution in [2.45, 2.75) is 166 Å². The Hall–Kier alpha value is -5.52. The highest BCUT2D eigenvalue weighted by Crippen LogP contribution is 2.25. The van der Waals surface area contributed by atoms with Gasteiger partial charge in [0.25, 0.3) is 0 Å². The number of aliphatic hydroxyl groups is 2. The maximum absolute atomic E-state index is 13.6. The smallest absolute Gasteiger partial charge is 0.306 e. The third kappa shape index (κ3) is 21.3. The quantitative estimate of drug-likeness (QED) is 0.0326. The number of aliphatic hydroxyl groups excluding tert-OH is 2. The number of carbonyl (C=O) groups excluding carboxylic acids is 10. The summed E-state index contributed by atoms with van der Waals surface area (Å²) in [6.07, 6.45) is -2.51. The van der Waals surface area contributed by atoms with Crippen LogP contribution in [0, 0.1) is 23.7 Å². The molecule has 0 unspecified atom stereocenters. The van der Waals surface area contributed by atoms with E-state index in [-0.39, 0.29) is 94.8 Å². The Morgan fingerprint density at radius 1 is 0.710 bits per heavy atom. The van der Waals surface area contributed by atoms with Crippen LogP contribution in [0.25, 0.3) is 0 Å². The fraction of sp³-hybridized carbons (Fsp3) is 0.739. The van der Waals surface area contributed by atoms with E-state index in [1.54, 1.807) is 13.8 Å². The molecule has 2 saturated heterocycles. The van der Waals surface area contributed by atoms with Crippen LogP contribution in [-0.2, 0) is 57.5 Å². The fourth-order valence-electron chi connectivity index (χ4n) is 8.48. The first-order valence-corrected chi connectivity index (χ1v) is 23.8. The van der Waals surface area contributed by atoms with Crippen molar-refractivity contribution in [2.24, 2.45) is 35.1 Å². The van der Waals surface area contributed by atoms with E-state index in [2.05, 4.69) is 21.3 Å². The average molecular weight is 980 g/mol. The number of hydrogen-bond donors (Lipinski definition) is 10. The Morgan fingerprint density at radius 2 is 1.36 bits per heavy atom. The SMILES string of the molecule is CC(C)C[C@H](CC(=O)[C@H](CO)NC(=O)[C@H](CC(=O)O)CC(=O)[C@H](CCC(N)=O)NC(=O)CCC(=O)[C@@H]1C[C@@H](O)CN1)C(=O)N[C@@H](C)C(=O)CCC(=O)N1CCC[C@H]1C(=O)C[C@@H](CCCCN)C(=O)O. The van der Waals surface area contributed by atoms with Gasteiger partial charge in [0.05, 0.1) is 55.1 Å². The molecule has 2 heterocycles. The van der Waals surface area contributed by atoms with Gasteiger partial charge >= 0.3 is 11.9 Å². The number of ketones is 5. The lowest BCUT2D eigenvalue weighted by Crippen LogP contribution is -2.49. The molecule has 0 bridgehead atoms. The van der Waals surface area contributed by atoms with Gasteiger partial charge in [0.1, 0.15) is 11.8 Å². The van der Waals surface area contributed by atoms with Gasteiger partial charge in [-0.25, -0.2) is 0 Å². The number of hydrogen-bond acceptors (Lipinski definition) is 16. The summed E-state index contributed by atoms with van der Waals surface area (Å²) in [6, 6.07) is -5.68. The molecule has 12 N–H and O–H groups in total. The summed E-state index contributed by atoms with van der Waals surface area (Å²) in [6.45, 7) is 4.80. The number of likely N-dealkylation sites (tertiary alicyclic amines) is 1. The van der Waals surface area contributed by atoms with Gasteiger partial charge < -0.3 is 58.1 Å². The molecule has 2 aliphatic rings. The number of aliphatic carboxylic acids is 2. The van der Waals surface area contributed by atoms with E-state index in [9.17, 15) is 78.0 Å². The molecule has 0 radical (unpaired) electrons. The molecule has 5 amide bonds. The predicted molar refractivity (Wildman–Crippen MR) is 244 cm³/mol.